The number of nitrogens with zero attached hydrogens (tertiary/aromatic N) is 3. The maximum atomic E-state index is 12.2. The summed E-state index contributed by atoms with van der Waals surface area (Å²) in [5, 5.41) is 7.59. The SMILES string of the molecule is Cc1nc2c3ccccc3nn2c(C)c1CCC(=O)OCC(=O)NC(=O)c1ccc(OC(F)F)cc1. The largest absolute Gasteiger partial charge is 0.456 e. The van der Waals surface area contributed by atoms with Crippen LogP contribution in [0.15, 0.2) is 48.5 Å². The Morgan fingerprint density at radius 2 is 1.78 bits per heavy atom. The van der Waals surface area contributed by atoms with Crippen molar-refractivity contribution in [1.29, 1.82) is 0 Å². The normalized spacial score (nSPS) is 11.1. The summed E-state index contributed by atoms with van der Waals surface area (Å²) in [4.78, 5) is 41.0. The van der Waals surface area contributed by atoms with Crippen LogP contribution in [0.1, 0.15) is 33.7 Å². The van der Waals surface area contributed by atoms with Crippen molar-refractivity contribution in [3.8, 4) is 5.75 Å². The standard InChI is InChI=1S/C25H22F2N4O5/c1-14-18(15(2)31-23(28-14)19-5-3-4-6-20(19)30-31)11-12-22(33)35-13-21(32)29-24(34)16-7-9-17(10-8-16)36-25(26)27/h3-10,25H,11-13H2,1-2H3,(H,29,32,34). The third-order valence-electron chi connectivity index (χ3n) is 5.56. The number of amides is 2. The summed E-state index contributed by atoms with van der Waals surface area (Å²) in [5.41, 5.74) is 4.09. The number of rotatable bonds is 8. The lowest BCUT2D eigenvalue weighted by molar-refractivity contribution is -0.148. The van der Waals surface area contributed by atoms with E-state index in [1.54, 1.807) is 4.52 Å². The number of hydrogen-bond acceptors (Lipinski definition) is 7. The maximum absolute atomic E-state index is 12.2. The summed E-state index contributed by atoms with van der Waals surface area (Å²) in [6, 6.07) is 12.5. The Labute approximate surface area is 204 Å². The molecule has 4 aromatic rings. The average molecular weight is 496 g/mol. The van der Waals surface area contributed by atoms with E-state index in [0.29, 0.717) is 6.42 Å². The molecule has 36 heavy (non-hydrogen) atoms. The summed E-state index contributed by atoms with van der Waals surface area (Å²) in [6.07, 6.45) is 0.339. The number of carbonyl (C=O) groups is 3. The van der Waals surface area contributed by atoms with Gasteiger partial charge in [0.1, 0.15) is 5.75 Å². The number of nitrogens with one attached hydrogen (secondary N) is 1. The minimum absolute atomic E-state index is 0.00246. The number of esters is 1. The van der Waals surface area contributed by atoms with Crippen molar-refractivity contribution in [2.45, 2.75) is 33.3 Å². The highest BCUT2D eigenvalue weighted by atomic mass is 19.3. The van der Waals surface area contributed by atoms with E-state index in [1.165, 1.54) is 24.3 Å². The summed E-state index contributed by atoms with van der Waals surface area (Å²) in [5.74, 6) is -2.32. The van der Waals surface area contributed by atoms with Crippen molar-refractivity contribution >= 4 is 34.3 Å². The number of alkyl halides is 2. The van der Waals surface area contributed by atoms with Gasteiger partial charge in [0.2, 0.25) is 0 Å². The van der Waals surface area contributed by atoms with Gasteiger partial charge in [0, 0.05) is 28.8 Å². The monoisotopic (exact) mass is 496 g/mol. The second-order valence-corrected chi connectivity index (χ2v) is 7.95. The second kappa shape index (κ2) is 10.5. The highest BCUT2D eigenvalue weighted by Crippen LogP contribution is 2.23. The minimum Gasteiger partial charge on any atom is -0.456 e. The molecule has 2 aromatic carbocycles. The Balaban J connectivity index is 1.30. The zero-order valence-corrected chi connectivity index (χ0v) is 19.5. The molecule has 4 rings (SSSR count). The molecule has 1 N–H and O–H groups in total. The Bertz CT molecular complexity index is 1450. The first kappa shape index (κ1) is 24.7. The lowest BCUT2D eigenvalue weighted by Crippen LogP contribution is -2.34. The van der Waals surface area contributed by atoms with Gasteiger partial charge < -0.3 is 9.47 Å². The van der Waals surface area contributed by atoms with Gasteiger partial charge >= 0.3 is 12.6 Å². The average Bonchev–Trinajstić information content (AvgIpc) is 3.21. The molecule has 2 amide bonds. The summed E-state index contributed by atoms with van der Waals surface area (Å²) < 4.78 is 35.3. The number of aryl methyl sites for hydroxylation is 2. The van der Waals surface area contributed by atoms with Crippen molar-refractivity contribution in [1.82, 2.24) is 19.9 Å². The number of imide groups is 1. The topological polar surface area (TPSA) is 112 Å². The van der Waals surface area contributed by atoms with Crippen LogP contribution in [0, 0.1) is 13.8 Å². The number of hydrogen-bond donors (Lipinski definition) is 1. The zero-order chi connectivity index (χ0) is 25.8. The molecule has 0 unspecified atom stereocenters. The van der Waals surface area contributed by atoms with E-state index in [9.17, 15) is 23.2 Å². The molecule has 9 nitrogen and oxygen atoms in total. The fourth-order valence-electron chi connectivity index (χ4n) is 3.81. The highest BCUT2D eigenvalue weighted by molar-refractivity contribution is 6.05. The fraction of sp³-hybridized carbons (Fsp3) is 0.240. The second-order valence-electron chi connectivity index (χ2n) is 7.95. The molecular formula is C25H22F2N4O5. The van der Waals surface area contributed by atoms with E-state index in [1.807, 2.05) is 38.1 Å². The van der Waals surface area contributed by atoms with Gasteiger partial charge in [0.05, 0.1) is 5.52 Å². The van der Waals surface area contributed by atoms with Crippen molar-refractivity contribution < 1.29 is 32.6 Å². The lowest BCUT2D eigenvalue weighted by atomic mass is 10.1. The van der Waals surface area contributed by atoms with E-state index >= 15 is 0 Å². The molecule has 0 aliphatic carbocycles. The van der Waals surface area contributed by atoms with Crippen LogP contribution in [0.2, 0.25) is 0 Å². The predicted octanol–water partition coefficient (Wildman–Crippen LogP) is 3.53. The number of carbonyl (C=O) groups excluding carboxylic acids is 3. The Morgan fingerprint density at radius 1 is 1.06 bits per heavy atom. The molecule has 2 aromatic heterocycles. The predicted molar refractivity (Wildman–Crippen MR) is 125 cm³/mol. The molecule has 11 heteroatoms. The molecule has 0 aliphatic rings. The molecule has 0 bridgehead atoms. The summed E-state index contributed by atoms with van der Waals surface area (Å²) in [6.45, 7) is 0.135. The molecule has 0 saturated carbocycles. The number of ether oxygens (including phenoxy) is 2. The first-order valence-corrected chi connectivity index (χ1v) is 11.0. The third-order valence-corrected chi connectivity index (χ3v) is 5.56. The van der Waals surface area contributed by atoms with Crippen LogP contribution in [-0.4, -0.2) is 45.6 Å². The van der Waals surface area contributed by atoms with Gasteiger partial charge in [-0.3, -0.25) is 19.7 Å². The summed E-state index contributed by atoms with van der Waals surface area (Å²) >= 11 is 0. The van der Waals surface area contributed by atoms with Crippen LogP contribution in [-0.2, 0) is 20.7 Å². The van der Waals surface area contributed by atoms with Crippen LogP contribution in [0.3, 0.4) is 0 Å². The van der Waals surface area contributed by atoms with Crippen LogP contribution in [0.5, 0.6) is 5.75 Å². The molecule has 0 radical (unpaired) electrons. The molecule has 0 aliphatic heterocycles. The van der Waals surface area contributed by atoms with E-state index in [2.05, 4.69) is 20.1 Å². The smallest absolute Gasteiger partial charge is 0.387 e. The van der Waals surface area contributed by atoms with Crippen molar-refractivity contribution in [2.75, 3.05) is 6.61 Å². The Kier molecular flexibility index (Phi) is 7.18. The molecule has 0 atom stereocenters. The van der Waals surface area contributed by atoms with E-state index < -0.39 is 31.0 Å². The van der Waals surface area contributed by atoms with Crippen LogP contribution >= 0.6 is 0 Å². The fourth-order valence-corrected chi connectivity index (χ4v) is 3.81. The molecule has 2 heterocycles. The molecular weight excluding hydrogens is 474 g/mol. The van der Waals surface area contributed by atoms with E-state index in [4.69, 9.17) is 4.74 Å². The first-order valence-electron chi connectivity index (χ1n) is 11.0. The molecule has 0 saturated heterocycles. The number of halogens is 2. The van der Waals surface area contributed by atoms with Gasteiger partial charge in [0.25, 0.3) is 11.8 Å². The molecule has 0 fully saturated rings. The molecule has 186 valence electrons. The Morgan fingerprint density at radius 3 is 2.50 bits per heavy atom. The van der Waals surface area contributed by atoms with Gasteiger partial charge in [-0.1, -0.05) is 12.1 Å². The van der Waals surface area contributed by atoms with Crippen molar-refractivity contribution in [3.05, 3.63) is 71.0 Å². The van der Waals surface area contributed by atoms with E-state index in [-0.39, 0.29) is 17.7 Å². The van der Waals surface area contributed by atoms with Crippen LogP contribution < -0.4 is 10.1 Å². The van der Waals surface area contributed by atoms with Crippen LogP contribution in [0.25, 0.3) is 16.6 Å². The Hall–Kier alpha value is -4.41. The van der Waals surface area contributed by atoms with Crippen molar-refractivity contribution in [2.24, 2.45) is 0 Å². The zero-order valence-electron chi connectivity index (χ0n) is 19.5. The third kappa shape index (κ3) is 5.45. The summed E-state index contributed by atoms with van der Waals surface area (Å²) in [7, 11) is 0. The van der Waals surface area contributed by atoms with Gasteiger partial charge in [-0.25, -0.2) is 9.50 Å². The van der Waals surface area contributed by atoms with Gasteiger partial charge in [-0.15, -0.1) is 0 Å². The number of benzene rings is 2. The van der Waals surface area contributed by atoms with E-state index in [0.717, 1.165) is 33.5 Å². The highest BCUT2D eigenvalue weighted by Gasteiger charge is 2.17. The number of fused-ring (bicyclic) bond motifs is 3. The maximum Gasteiger partial charge on any atom is 0.387 e. The van der Waals surface area contributed by atoms with Gasteiger partial charge in [-0.2, -0.15) is 13.9 Å². The molecule has 0 spiro atoms. The van der Waals surface area contributed by atoms with Crippen molar-refractivity contribution in [3.63, 3.8) is 0 Å². The quantitative estimate of drug-likeness (QED) is 0.372. The van der Waals surface area contributed by atoms with Gasteiger partial charge in [0.15, 0.2) is 12.3 Å². The number of aromatic nitrogens is 3. The minimum atomic E-state index is -2.99. The lowest BCUT2D eigenvalue weighted by Gasteiger charge is -2.11. The first-order chi connectivity index (χ1) is 17.2. The van der Waals surface area contributed by atoms with Gasteiger partial charge in [-0.05, 0) is 62.2 Å². The van der Waals surface area contributed by atoms with Crippen LogP contribution in [0.4, 0.5) is 8.78 Å².